The van der Waals surface area contributed by atoms with Crippen LogP contribution >= 0.6 is 12.4 Å². The summed E-state index contributed by atoms with van der Waals surface area (Å²) in [6.07, 6.45) is 3.43. The van der Waals surface area contributed by atoms with Crippen molar-refractivity contribution in [1.29, 1.82) is 0 Å². The summed E-state index contributed by atoms with van der Waals surface area (Å²) < 4.78 is 18.4. The SMILES string of the molecule is Cl.NC[C@]1(O)CC[C@@H](COCc2ccc(F)cc2)CC1. The van der Waals surface area contributed by atoms with Crippen molar-refractivity contribution in [1.82, 2.24) is 0 Å². The molecule has 0 unspecified atom stereocenters. The molecule has 1 saturated carbocycles. The number of ether oxygens (including phenoxy) is 1. The average Bonchev–Trinajstić information content (AvgIpc) is 2.43. The molecule has 0 radical (unpaired) electrons. The van der Waals surface area contributed by atoms with Gasteiger partial charge in [0.2, 0.25) is 0 Å². The zero-order valence-corrected chi connectivity index (χ0v) is 12.4. The standard InChI is InChI=1S/C15H22FNO2.ClH/c16-14-3-1-12(2-4-14)9-19-10-13-5-7-15(18,11-17)8-6-13;/h1-4,13,18H,5-11,17H2;1H/t13-,15+;. The predicted molar refractivity (Wildman–Crippen MR) is 79.3 cm³/mol. The maximum absolute atomic E-state index is 12.7. The highest BCUT2D eigenvalue weighted by Crippen LogP contribution is 2.31. The second-order valence-electron chi connectivity index (χ2n) is 5.51. The van der Waals surface area contributed by atoms with E-state index in [9.17, 15) is 9.50 Å². The molecule has 0 bridgehead atoms. The zero-order chi connectivity index (χ0) is 13.7. The maximum Gasteiger partial charge on any atom is 0.123 e. The summed E-state index contributed by atoms with van der Waals surface area (Å²) in [7, 11) is 0. The van der Waals surface area contributed by atoms with Crippen molar-refractivity contribution in [2.75, 3.05) is 13.2 Å². The first-order valence-corrected chi connectivity index (χ1v) is 6.86. The molecular weight excluding hydrogens is 281 g/mol. The Morgan fingerprint density at radius 2 is 1.85 bits per heavy atom. The topological polar surface area (TPSA) is 55.5 Å². The zero-order valence-electron chi connectivity index (χ0n) is 11.6. The summed E-state index contributed by atoms with van der Waals surface area (Å²) in [6.45, 7) is 1.55. The monoisotopic (exact) mass is 303 g/mol. The lowest BCUT2D eigenvalue weighted by atomic mass is 9.79. The third-order valence-electron chi connectivity index (χ3n) is 3.95. The Bertz CT molecular complexity index is 391. The molecule has 0 aromatic heterocycles. The van der Waals surface area contributed by atoms with Crippen LogP contribution in [-0.2, 0) is 11.3 Å². The van der Waals surface area contributed by atoms with Gasteiger partial charge >= 0.3 is 0 Å². The number of hydrogen-bond donors (Lipinski definition) is 2. The molecule has 20 heavy (non-hydrogen) atoms. The molecule has 0 amide bonds. The number of rotatable bonds is 5. The van der Waals surface area contributed by atoms with E-state index in [0.717, 1.165) is 31.2 Å². The number of hydrogen-bond acceptors (Lipinski definition) is 3. The molecule has 114 valence electrons. The van der Waals surface area contributed by atoms with E-state index in [-0.39, 0.29) is 18.2 Å². The smallest absolute Gasteiger partial charge is 0.123 e. The largest absolute Gasteiger partial charge is 0.389 e. The van der Waals surface area contributed by atoms with E-state index in [0.29, 0.717) is 25.7 Å². The lowest BCUT2D eigenvalue weighted by Crippen LogP contribution is -2.41. The van der Waals surface area contributed by atoms with Crippen LogP contribution in [0.25, 0.3) is 0 Å². The third-order valence-corrected chi connectivity index (χ3v) is 3.95. The van der Waals surface area contributed by atoms with Crippen molar-refractivity contribution in [3.05, 3.63) is 35.6 Å². The van der Waals surface area contributed by atoms with Crippen LogP contribution < -0.4 is 5.73 Å². The molecule has 1 aromatic rings. The summed E-state index contributed by atoms with van der Waals surface area (Å²) in [4.78, 5) is 0. The number of nitrogens with two attached hydrogens (primary N) is 1. The molecule has 1 aliphatic carbocycles. The van der Waals surface area contributed by atoms with Crippen LogP contribution in [0.3, 0.4) is 0 Å². The highest BCUT2D eigenvalue weighted by Gasteiger charge is 2.31. The van der Waals surface area contributed by atoms with Gasteiger partial charge in [-0.15, -0.1) is 12.4 Å². The minimum atomic E-state index is -0.659. The van der Waals surface area contributed by atoms with Crippen LogP contribution in [0.2, 0.25) is 0 Å². The fraction of sp³-hybridized carbons (Fsp3) is 0.600. The molecule has 1 fully saturated rings. The second kappa shape index (κ2) is 7.93. The van der Waals surface area contributed by atoms with Crippen molar-refractivity contribution in [2.45, 2.75) is 37.9 Å². The summed E-state index contributed by atoms with van der Waals surface area (Å²) in [6, 6.07) is 6.37. The Labute approximate surface area is 125 Å². The van der Waals surface area contributed by atoms with Gasteiger partial charge in [0.15, 0.2) is 0 Å². The van der Waals surface area contributed by atoms with E-state index in [2.05, 4.69) is 0 Å². The first-order chi connectivity index (χ1) is 9.11. The molecule has 3 nitrogen and oxygen atoms in total. The molecule has 5 heteroatoms. The van der Waals surface area contributed by atoms with E-state index < -0.39 is 5.60 Å². The molecule has 1 aromatic carbocycles. The molecular formula is C15H23ClFNO2. The van der Waals surface area contributed by atoms with Crippen LogP contribution in [0.1, 0.15) is 31.2 Å². The predicted octanol–water partition coefficient (Wildman–Crippen LogP) is 2.64. The minimum absolute atomic E-state index is 0. The van der Waals surface area contributed by atoms with Crippen LogP contribution in [-0.4, -0.2) is 23.9 Å². The van der Waals surface area contributed by atoms with E-state index >= 15 is 0 Å². The Hall–Kier alpha value is -0.680. The summed E-state index contributed by atoms with van der Waals surface area (Å²) in [5.74, 6) is 0.268. The Morgan fingerprint density at radius 1 is 1.25 bits per heavy atom. The number of benzene rings is 1. The molecule has 2 rings (SSSR count). The normalized spacial score (nSPS) is 26.1. The van der Waals surface area contributed by atoms with Crippen molar-refractivity contribution in [3.8, 4) is 0 Å². The van der Waals surface area contributed by atoms with E-state index in [4.69, 9.17) is 10.5 Å². The van der Waals surface area contributed by atoms with E-state index in [1.807, 2.05) is 0 Å². The lowest BCUT2D eigenvalue weighted by molar-refractivity contribution is -0.0191. The second-order valence-corrected chi connectivity index (χ2v) is 5.51. The average molecular weight is 304 g/mol. The van der Waals surface area contributed by atoms with Gasteiger partial charge in [-0.05, 0) is 49.3 Å². The molecule has 0 saturated heterocycles. The number of halogens is 2. The van der Waals surface area contributed by atoms with Gasteiger partial charge in [0.25, 0.3) is 0 Å². The Balaban J connectivity index is 0.00000200. The molecule has 0 spiro atoms. The molecule has 0 atom stereocenters. The number of aliphatic hydroxyl groups is 1. The highest BCUT2D eigenvalue weighted by molar-refractivity contribution is 5.85. The quantitative estimate of drug-likeness (QED) is 0.879. The Morgan fingerprint density at radius 3 is 2.40 bits per heavy atom. The van der Waals surface area contributed by atoms with Gasteiger partial charge in [-0.3, -0.25) is 0 Å². The maximum atomic E-state index is 12.7. The van der Waals surface area contributed by atoms with Crippen LogP contribution in [0, 0.1) is 11.7 Å². The van der Waals surface area contributed by atoms with Crippen LogP contribution in [0.4, 0.5) is 4.39 Å². The van der Waals surface area contributed by atoms with E-state index in [1.165, 1.54) is 12.1 Å². The van der Waals surface area contributed by atoms with Crippen molar-refractivity contribution >= 4 is 12.4 Å². The van der Waals surface area contributed by atoms with Gasteiger partial charge < -0.3 is 15.6 Å². The lowest BCUT2D eigenvalue weighted by Gasteiger charge is -2.34. The van der Waals surface area contributed by atoms with Crippen molar-refractivity contribution in [2.24, 2.45) is 11.7 Å². The molecule has 0 aliphatic heterocycles. The molecule has 3 N–H and O–H groups in total. The first-order valence-electron chi connectivity index (χ1n) is 6.86. The van der Waals surface area contributed by atoms with Crippen LogP contribution in [0.15, 0.2) is 24.3 Å². The molecule has 0 heterocycles. The highest BCUT2D eigenvalue weighted by atomic mass is 35.5. The van der Waals surface area contributed by atoms with Gasteiger partial charge in [-0.25, -0.2) is 4.39 Å². The fourth-order valence-corrected chi connectivity index (χ4v) is 2.51. The first kappa shape index (κ1) is 17.4. The van der Waals surface area contributed by atoms with Gasteiger partial charge in [0.05, 0.1) is 12.2 Å². The van der Waals surface area contributed by atoms with Crippen LogP contribution in [0.5, 0.6) is 0 Å². The summed E-state index contributed by atoms with van der Waals surface area (Å²) >= 11 is 0. The van der Waals surface area contributed by atoms with E-state index in [1.54, 1.807) is 12.1 Å². The van der Waals surface area contributed by atoms with Crippen molar-refractivity contribution < 1.29 is 14.2 Å². The van der Waals surface area contributed by atoms with Gasteiger partial charge in [-0.2, -0.15) is 0 Å². The third kappa shape index (κ3) is 5.02. The fourth-order valence-electron chi connectivity index (χ4n) is 2.51. The van der Waals surface area contributed by atoms with Gasteiger partial charge in [0.1, 0.15) is 5.82 Å². The minimum Gasteiger partial charge on any atom is -0.389 e. The summed E-state index contributed by atoms with van der Waals surface area (Å²) in [5.41, 5.74) is 5.88. The summed E-state index contributed by atoms with van der Waals surface area (Å²) in [5, 5.41) is 10.0. The van der Waals surface area contributed by atoms with Gasteiger partial charge in [-0.1, -0.05) is 12.1 Å². The molecule has 1 aliphatic rings. The van der Waals surface area contributed by atoms with Gasteiger partial charge in [0, 0.05) is 13.2 Å². The van der Waals surface area contributed by atoms with Crippen molar-refractivity contribution in [3.63, 3.8) is 0 Å². The Kier molecular flexibility index (Phi) is 6.89.